The second kappa shape index (κ2) is 5.86. The molecule has 2 N–H and O–H groups in total. The van der Waals surface area contributed by atoms with E-state index in [1.165, 1.54) is 3.57 Å². The van der Waals surface area contributed by atoms with Crippen LogP contribution in [0.1, 0.15) is 15.9 Å². The van der Waals surface area contributed by atoms with E-state index in [0.29, 0.717) is 12.2 Å². The van der Waals surface area contributed by atoms with Crippen LogP contribution in [0.5, 0.6) is 5.75 Å². The monoisotopic (exact) mass is 353 g/mol. The second-order valence-electron chi connectivity index (χ2n) is 3.80. The SMILES string of the molecule is NC(=O)c1ccc(OCc2ccc(I)cc2)cc1. The molecule has 18 heavy (non-hydrogen) atoms. The smallest absolute Gasteiger partial charge is 0.248 e. The molecule has 0 fully saturated rings. The van der Waals surface area contributed by atoms with Crippen LogP contribution in [0.4, 0.5) is 0 Å². The number of hydrogen-bond acceptors (Lipinski definition) is 2. The molecule has 3 nitrogen and oxygen atoms in total. The van der Waals surface area contributed by atoms with Crippen LogP contribution in [0.15, 0.2) is 48.5 Å². The highest BCUT2D eigenvalue weighted by Gasteiger charge is 2.00. The van der Waals surface area contributed by atoms with Gasteiger partial charge in [0.25, 0.3) is 0 Å². The summed E-state index contributed by atoms with van der Waals surface area (Å²) in [4.78, 5) is 10.9. The van der Waals surface area contributed by atoms with Gasteiger partial charge in [-0.15, -0.1) is 0 Å². The molecule has 1 amide bonds. The molecule has 0 saturated heterocycles. The fourth-order valence-electron chi connectivity index (χ4n) is 1.46. The van der Waals surface area contributed by atoms with Crippen molar-refractivity contribution in [1.82, 2.24) is 0 Å². The quantitative estimate of drug-likeness (QED) is 0.860. The molecule has 0 aliphatic carbocycles. The summed E-state index contributed by atoms with van der Waals surface area (Å²) in [6.45, 7) is 0.507. The number of halogens is 1. The van der Waals surface area contributed by atoms with Crippen molar-refractivity contribution >= 4 is 28.5 Å². The van der Waals surface area contributed by atoms with Gasteiger partial charge in [0.2, 0.25) is 5.91 Å². The highest BCUT2D eigenvalue weighted by Crippen LogP contribution is 2.14. The van der Waals surface area contributed by atoms with Crippen LogP contribution in [0.2, 0.25) is 0 Å². The third-order valence-corrected chi connectivity index (χ3v) is 3.18. The van der Waals surface area contributed by atoms with E-state index in [1.54, 1.807) is 24.3 Å². The third kappa shape index (κ3) is 3.46. The maximum atomic E-state index is 10.9. The lowest BCUT2D eigenvalue weighted by molar-refractivity contribution is 0.100. The van der Waals surface area contributed by atoms with Gasteiger partial charge < -0.3 is 10.5 Å². The summed E-state index contributed by atoms with van der Waals surface area (Å²) in [6, 6.07) is 14.9. The number of ether oxygens (including phenoxy) is 1. The molecule has 0 bridgehead atoms. The Morgan fingerprint density at radius 3 is 2.22 bits per heavy atom. The Morgan fingerprint density at radius 2 is 1.67 bits per heavy atom. The minimum Gasteiger partial charge on any atom is -0.489 e. The fraction of sp³-hybridized carbons (Fsp3) is 0.0714. The molecule has 0 saturated carbocycles. The van der Waals surface area contributed by atoms with E-state index >= 15 is 0 Å². The van der Waals surface area contributed by atoms with E-state index in [2.05, 4.69) is 22.6 Å². The van der Waals surface area contributed by atoms with Crippen LogP contribution in [0.25, 0.3) is 0 Å². The summed E-state index contributed by atoms with van der Waals surface area (Å²) in [7, 11) is 0. The molecule has 4 heteroatoms. The van der Waals surface area contributed by atoms with Gasteiger partial charge in [0.05, 0.1) is 0 Å². The Morgan fingerprint density at radius 1 is 1.06 bits per heavy atom. The van der Waals surface area contributed by atoms with Crippen LogP contribution in [-0.2, 0) is 6.61 Å². The highest BCUT2D eigenvalue weighted by atomic mass is 127. The highest BCUT2D eigenvalue weighted by molar-refractivity contribution is 14.1. The standard InChI is InChI=1S/C14H12INO2/c15-12-5-1-10(2-6-12)9-18-13-7-3-11(4-8-13)14(16)17/h1-8H,9H2,(H2,16,17). The van der Waals surface area contributed by atoms with Crippen LogP contribution in [-0.4, -0.2) is 5.91 Å². The Labute approximate surface area is 119 Å². The van der Waals surface area contributed by atoms with Crippen molar-refractivity contribution in [2.75, 3.05) is 0 Å². The lowest BCUT2D eigenvalue weighted by atomic mass is 10.2. The van der Waals surface area contributed by atoms with Crippen molar-refractivity contribution in [1.29, 1.82) is 0 Å². The molecule has 2 rings (SSSR count). The van der Waals surface area contributed by atoms with E-state index in [1.807, 2.05) is 24.3 Å². The summed E-state index contributed by atoms with van der Waals surface area (Å²) in [5, 5.41) is 0. The van der Waals surface area contributed by atoms with Gasteiger partial charge >= 0.3 is 0 Å². The first kappa shape index (κ1) is 12.9. The Balaban J connectivity index is 1.97. The largest absolute Gasteiger partial charge is 0.489 e. The number of nitrogens with two attached hydrogens (primary N) is 1. The Kier molecular flexibility index (Phi) is 4.19. The summed E-state index contributed by atoms with van der Waals surface area (Å²) in [6.07, 6.45) is 0. The molecule has 0 atom stereocenters. The zero-order valence-corrected chi connectivity index (χ0v) is 11.8. The Hall–Kier alpha value is -1.56. The minimum absolute atomic E-state index is 0.431. The van der Waals surface area contributed by atoms with Crippen LogP contribution in [0, 0.1) is 3.57 Å². The molecule has 0 radical (unpaired) electrons. The van der Waals surface area contributed by atoms with Gasteiger partial charge in [0.1, 0.15) is 12.4 Å². The van der Waals surface area contributed by atoms with Crippen molar-refractivity contribution in [2.45, 2.75) is 6.61 Å². The van der Waals surface area contributed by atoms with Gasteiger partial charge in [-0.3, -0.25) is 4.79 Å². The fourth-order valence-corrected chi connectivity index (χ4v) is 1.82. The van der Waals surface area contributed by atoms with Gasteiger partial charge in [-0.25, -0.2) is 0 Å². The predicted octanol–water partition coefficient (Wildman–Crippen LogP) is 2.97. The molecule has 92 valence electrons. The third-order valence-electron chi connectivity index (χ3n) is 2.46. The van der Waals surface area contributed by atoms with E-state index in [0.717, 1.165) is 11.3 Å². The zero-order chi connectivity index (χ0) is 13.0. The molecular weight excluding hydrogens is 341 g/mol. The van der Waals surface area contributed by atoms with Gasteiger partial charge in [0.15, 0.2) is 0 Å². The summed E-state index contributed by atoms with van der Waals surface area (Å²) >= 11 is 2.26. The number of carbonyl (C=O) groups is 1. The van der Waals surface area contributed by atoms with E-state index in [-0.39, 0.29) is 0 Å². The van der Waals surface area contributed by atoms with Gasteiger partial charge in [-0.1, -0.05) is 12.1 Å². The number of hydrogen-bond donors (Lipinski definition) is 1. The first-order chi connectivity index (χ1) is 8.65. The van der Waals surface area contributed by atoms with Crippen molar-refractivity contribution < 1.29 is 9.53 Å². The normalized spacial score (nSPS) is 10.1. The maximum absolute atomic E-state index is 10.9. The maximum Gasteiger partial charge on any atom is 0.248 e. The van der Waals surface area contributed by atoms with E-state index in [9.17, 15) is 4.79 Å². The zero-order valence-electron chi connectivity index (χ0n) is 9.60. The van der Waals surface area contributed by atoms with Gasteiger partial charge in [0, 0.05) is 9.13 Å². The second-order valence-corrected chi connectivity index (χ2v) is 5.05. The van der Waals surface area contributed by atoms with Crippen molar-refractivity contribution in [3.05, 3.63) is 63.2 Å². The lowest BCUT2D eigenvalue weighted by Crippen LogP contribution is -2.10. The van der Waals surface area contributed by atoms with Crippen LogP contribution < -0.4 is 10.5 Å². The molecule has 0 aliphatic heterocycles. The summed E-state index contributed by atoms with van der Waals surface area (Å²) < 4.78 is 6.81. The molecule has 0 aliphatic rings. The molecule has 2 aromatic rings. The molecule has 0 aromatic heterocycles. The summed E-state index contributed by atoms with van der Waals surface area (Å²) in [5.41, 5.74) is 6.75. The first-order valence-corrected chi connectivity index (χ1v) is 6.50. The Bertz CT molecular complexity index is 535. The predicted molar refractivity (Wildman–Crippen MR) is 78.5 cm³/mol. The number of benzene rings is 2. The summed E-state index contributed by atoms with van der Waals surface area (Å²) in [5.74, 6) is 0.290. The molecule has 2 aromatic carbocycles. The minimum atomic E-state index is -0.431. The van der Waals surface area contributed by atoms with Crippen LogP contribution in [0.3, 0.4) is 0 Å². The lowest BCUT2D eigenvalue weighted by Gasteiger charge is -2.06. The molecule has 0 heterocycles. The van der Waals surface area contributed by atoms with Crippen molar-refractivity contribution in [3.8, 4) is 5.75 Å². The van der Waals surface area contributed by atoms with Gasteiger partial charge in [-0.2, -0.15) is 0 Å². The van der Waals surface area contributed by atoms with Gasteiger partial charge in [-0.05, 0) is 64.6 Å². The van der Waals surface area contributed by atoms with E-state index in [4.69, 9.17) is 10.5 Å². The number of rotatable bonds is 4. The topological polar surface area (TPSA) is 52.3 Å². The van der Waals surface area contributed by atoms with E-state index < -0.39 is 5.91 Å². The van der Waals surface area contributed by atoms with Crippen molar-refractivity contribution in [2.24, 2.45) is 5.73 Å². The molecule has 0 unspecified atom stereocenters. The number of primary amides is 1. The molecule has 0 spiro atoms. The average Bonchev–Trinajstić information content (AvgIpc) is 2.38. The number of amides is 1. The average molecular weight is 353 g/mol. The molecular formula is C14H12INO2. The number of carbonyl (C=O) groups excluding carboxylic acids is 1. The van der Waals surface area contributed by atoms with Crippen LogP contribution >= 0.6 is 22.6 Å². The first-order valence-electron chi connectivity index (χ1n) is 5.42. The van der Waals surface area contributed by atoms with Crippen molar-refractivity contribution in [3.63, 3.8) is 0 Å².